The Labute approximate surface area is 110 Å². The number of carboxylic acid groups (broad SMARTS) is 1. The molecular weight excluding hydrogens is 253 g/mol. The minimum atomic E-state index is -1.03. The van der Waals surface area contributed by atoms with Crippen molar-refractivity contribution in [3.63, 3.8) is 0 Å². The van der Waals surface area contributed by atoms with Crippen LogP contribution in [0.25, 0.3) is 0 Å². The van der Waals surface area contributed by atoms with Gasteiger partial charge >= 0.3 is 12.1 Å². The number of hydrogen-bond donors (Lipinski definition) is 2. The van der Waals surface area contributed by atoms with Crippen molar-refractivity contribution < 1.29 is 23.8 Å². The molecule has 0 heterocycles. The molecule has 19 heavy (non-hydrogen) atoms. The summed E-state index contributed by atoms with van der Waals surface area (Å²) in [4.78, 5) is 22.1. The van der Waals surface area contributed by atoms with Crippen LogP contribution in [0.3, 0.4) is 0 Å². The number of halogens is 1. The van der Waals surface area contributed by atoms with Crippen LogP contribution < -0.4 is 5.32 Å². The Hall–Kier alpha value is -2.11. The fraction of sp³-hybridized carbons (Fsp3) is 0.385. The smallest absolute Gasteiger partial charge is 0.412 e. The van der Waals surface area contributed by atoms with Gasteiger partial charge in [-0.05, 0) is 38.5 Å². The summed E-state index contributed by atoms with van der Waals surface area (Å²) >= 11 is 0. The van der Waals surface area contributed by atoms with E-state index < -0.39 is 23.5 Å². The summed E-state index contributed by atoms with van der Waals surface area (Å²) in [5, 5.41) is 10.9. The number of amides is 1. The van der Waals surface area contributed by atoms with Crippen LogP contribution in [0.4, 0.5) is 14.9 Å². The molecule has 0 fully saturated rings. The van der Waals surface area contributed by atoms with Gasteiger partial charge in [0.25, 0.3) is 0 Å². The maximum absolute atomic E-state index is 13.5. The Morgan fingerprint density at radius 2 is 2.00 bits per heavy atom. The van der Waals surface area contributed by atoms with Crippen molar-refractivity contribution in [1.29, 1.82) is 0 Å². The van der Waals surface area contributed by atoms with Gasteiger partial charge in [0, 0.05) is 0 Å². The number of carbonyl (C=O) groups excluding carboxylic acids is 1. The maximum atomic E-state index is 13.5. The van der Waals surface area contributed by atoms with Gasteiger partial charge in [-0.3, -0.25) is 10.1 Å². The second-order valence-electron chi connectivity index (χ2n) is 5.01. The molecule has 0 unspecified atom stereocenters. The standard InChI is InChI=1S/C13H16FNO4/c1-13(2,3)19-12(18)15-10-6-8(7-11(16)17)4-5-9(10)14/h4-6H,7H2,1-3H3,(H,15,18)(H,16,17). The SMILES string of the molecule is CC(C)(C)OC(=O)Nc1cc(CC(=O)O)ccc1F. The molecule has 1 amide bonds. The minimum absolute atomic E-state index is 0.104. The number of nitrogens with one attached hydrogen (secondary N) is 1. The van der Waals surface area contributed by atoms with Crippen molar-refractivity contribution in [2.24, 2.45) is 0 Å². The average Bonchev–Trinajstić information content (AvgIpc) is 2.19. The first-order valence-electron chi connectivity index (χ1n) is 5.67. The minimum Gasteiger partial charge on any atom is -0.481 e. The number of carboxylic acids is 1. The fourth-order valence-corrected chi connectivity index (χ4v) is 1.37. The quantitative estimate of drug-likeness (QED) is 0.884. The van der Waals surface area contributed by atoms with Crippen LogP contribution in [0.15, 0.2) is 18.2 Å². The molecular formula is C13H16FNO4. The molecule has 1 rings (SSSR count). The summed E-state index contributed by atoms with van der Waals surface area (Å²) < 4.78 is 18.5. The zero-order valence-electron chi connectivity index (χ0n) is 11.0. The van der Waals surface area contributed by atoms with Gasteiger partial charge in [0.15, 0.2) is 0 Å². The van der Waals surface area contributed by atoms with Gasteiger partial charge in [0.1, 0.15) is 11.4 Å². The molecule has 0 aliphatic heterocycles. The van der Waals surface area contributed by atoms with Gasteiger partial charge in [0.2, 0.25) is 0 Å². The summed E-state index contributed by atoms with van der Waals surface area (Å²) in [6.07, 6.45) is -1.04. The molecule has 6 heteroatoms. The second kappa shape index (κ2) is 5.69. The van der Waals surface area contributed by atoms with Gasteiger partial charge in [0.05, 0.1) is 12.1 Å². The molecule has 104 valence electrons. The normalized spacial score (nSPS) is 10.9. The number of benzene rings is 1. The van der Waals surface area contributed by atoms with E-state index in [2.05, 4.69) is 5.32 Å². The Balaban J connectivity index is 2.82. The molecule has 0 radical (unpaired) electrons. The molecule has 5 nitrogen and oxygen atoms in total. The van der Waals surface area contributed by atoms with Crippen LogP contribution in [0.5, 0.6) is 0 Å². The van der Waals surface area contributed by atoms with E-state index >= 15 is 0 Å². The van der Waals surface area contributed by atoms with Crippen LogP contribution in [-0.4, -0.2) is 22.8 Å². The highest BCUT2D eigenvalue weighted by Gasteiger charge is 2.17. The molecule has 0 aliphatic rings. The predicted octanol–water partition coefficient (Wildman–Crippen LogP) is 2.80. The third kappa shape index (κ3) is 5.37. The molecule has 1 aromatic rings. The Bertz CT molecular complexity index is 494. The van der Waals surface area contributed by atoms with Crippen LogP contribution in [0.1, 0.15) is 26.3 Å². The molecule has 0 saturated heterocycles. The third-order valence-electron chi connectivity index (χ3n) is 2.02. The van der Waals surface area contributed by atoms with Crippen LogP contribution in [-0.2, 0) is 16.0 Å². The lowest BCUT2D eigenvalue weighted by Gasteiger charge is -2.20. The summed E-state index contributed by atoms with van der Waals surface area (Å²) in [7, 11) is 0. The Morgan fingerprint density at radius 3 is 2.53 bits per heavy atom. The van der Waals surface area contributed by atoms with Crippen LogP contribution >= 0.6 is 0 Å². The Morgan fingerprint density at radius 1 is 1.37 bits per heavy atom. The van der Waals surface area contributed by atoms with Gasteiger partial charge in [-0.2, -0.15) is 0 Å². The lowest BCUT2D eigenvalue weighted by Crippen LogP contribution is -2.27. The highest BCUT2D eigenvalue weighted by atomic mass is 19.1. The van der Waals surface area contributed by atoms with Crippen molar-refractivity contribution in [2.75, 3.05) is 5.32 Å². The van der Waals surface area contributed by atoms with Gasteiger partial charge in [-0.15, -0.1) is 0 Å². The van der Waals surface area contributed by atoms with E-state index in [-0.39, 0.29) is 12.1 Å². The lowest BCUT2D eigenvalue weighted by molar-refractivity contribution is -0.136. The van der Waals surface area contributed by atoms with Crippen LogP contribution in [0.2, 0.25) is 0 Å². The number of hydrogen-bond acceptors (Lipinski definition) is 3. The summed E-state index contributed by atoms with van der Waals surface area (Å²) in [5.41, 5.74) is -0.410. The monoisotopic (exact) mass is 269 g/mol. The van der Waals surface area contributed by atoms with Crippen molar-refractivity contribution in [3.05, 3.63) is 29.6 Å². The van der Waals surface area contributed by atoms with Gasteiger partial charge in [-0.25, -0.2) is 9.18 Å². The van der Waals surface area contributed by atoms with E-state index in [0.717, 1.165) is 6.07 Å². The van der Waals surface area contributed by atoms with Crippen molar-refractivity contribution >= 4 is 17.7 Å². The summed E-state index contributed by atoms with van der Waals surface area (Å²) in [6.45, 7) is 5.05. The van der Waals surface area contributed by atoms with Gasteiger partial charge in [-0.1, -0.05) is 6.07 Å². The lowest BCUT2D eigenvalue weighted by atomic mass is 10.1. The number of anilines is 1. The van der Waals surface area contributed by atoms with E-state index in [4.69, 9.17) is 9.84 Å². The number of aliphatic carboxylic acids is 1. The van der Waals surface area contributed by atoms with Gasteiger partial charge < -0.3 is 9.84 Å². The molecule has 0 aromatic heterocycles. The van der Waals surface area contributed by atoms with Crippen LogP contribution in [0, 0.1) is 5.82 Å². The summed E-state index contributed by atoms with van der Waals surface area (Å²) in [5.74, 6) is -1.69. The van der Waals surface area contributed by atoms with Crippen molar-refractivity contribution in [2.45, 2.75) is 32.8 Å². The molecule has 2 N–H and O–H groups in total. The Kier molecular flexibility index (Phi) is 4.47. The number of ether oxygens (including phenoxy) is 1. The second-order valence-corrected chi connectivity index (χ2v) is 5.01. The maximum Gasteiger partial charge on any atom is 0.412 e. The zero-order chi connectivity index (χ0) is 14.6. The fourth-order valence-electron chi connectivity index (χ4n) is 1.37. The molecule has 0 bridgehead atoms. The van der Waals surface area contributed by atoms with Crippen molar-refractivity contribution in [1.82, 2.24) is 0 Å². The van der Waals surface area contributed by atoms with E-state index in [0.29, 0.717) is 5.56 Å². The molecule has 0 aliphatic carbocycles. The van der Waals surface area contributed by atoms with E-state index in [1.807, 2.05) is 0 Å². The number of rotatable bonds is 3. The topological polar surface area (TPSA) is 75.6 Å². The predicted molar refractivity (Wildman–Crippen MR) is 67.6 cm³/mol. The zero-order valence-corrected chi connectivity index (χ0v) is 11.0. The van der Waals surface area contributed by atoms with E-state index in [1.54, 1.807) is 20.8 Å². The third-order valence-corrected chi connectivity index (χ3v) is 2.02. The molecule has 0 saturated carbocycles. The first-order valence-corrected chi connectivity index (χ1v) is 5.67. The molecule has 1 aromatic carbocycles. The summed E-state index contributed by atoms with van der Waals surface area (Å²) in [6, 6.07) is 3.72. The van der Waals surface area contributed by atoms with Crippen molar-refractivity contribution in [3.8, 4) is 0 Å². The average molecular weight is 269 g/mol. The first-order chi connectivity index (χ1) is 8.67. The largest absolute Gasteiger partial charge is 0.481 e. The van der Waals surface area contributed by atoms with E-state index in [9.17, 15) is 14.0 Å². The highest BCUT2D eigenvalue weighted by molar-refractivity contribution is 5.85. The first kappa shape index (κ1) is 14.9. The number of carbonyl (C=O) groups is 2. The highest BCUT2D eigenvalue weighted by Crippen LogP contribution is 2.18. The van der Waals surface area contributed by atoms with E-state index in [1.165, 1.54) is 12.1 Å². The molecule has 0 spiro atoms. The molecule has 0 atom stereocenters.